The third kappa shape index (κ3) is 9.30. The second-order valence-electron chi connectivity index (χ2n) is 9.65. The van der Waals surface area contributed by atoms with Crippen molar-refractivity contribution >= 4 is 23.0 Å². The van der Waals surface area contributed by atoms with Crippen molar-refractivity contribution in [3.8, 4) is 11.3 Å². The highest BCUT2D eigenvalue weighted by atomic mass is 19.4. The number of benzene rings is 1. The van der Waals surface area contributed by atoms with E-state index in [1.54, 1.807) is 0 Å². The highest BCUT2D eigenvalue weighted by Crippen LogP contribution is 2.33. The number of hydrogen-bond acceptors (Lipinski definition) is 6. The maximum absolute atomic E-state index is 10.6. The zero-order chi connectivity index (χ0) is 31.9. The smallest absolute Gasteiger partial charge is 0.475 e. The summed E-state index contributed by atoms with van der Waals surface area (Å²) in [5, 5.41) is 14.2. The highest BCUT2D eigenvalue weighted by Gasteiger charge is 2.38. The van der Waals surface area contributed by atoms with Crippen LogP contribution in [0, 0.1) is 6.92 Å². The topological polar surface area (TPSA) is 122 Å². The van der Waals surface area contributed by atoms with Gasteiger partial charge in [0, 0.05) is 24.2 Å². The lowest BCUT2D eigenvalue weighted by atomic mass is 9.92. The number of nitrogens with zero attached hydrogens (tertiary/aromatic N) is 4. The molecule has 2 N–H and O–H groups in total. The van der Waals surface area contributed by atoms with Crippen LogP contribution in [0.1, 0.15) is 36.0 Å². The number of alkyl halides is 6. The number of piperidine rings is 1. The van der Waals surface area contributed by atoms with Crippen molar-refractivity contribution in [3.05, 3.63) is 72.1 Å². The van der Waals surface area contributed by atoms with Gasteiger partial charge in [0.15, 0.2) is 0 Å². The van der Waals surface area contributed by atoms with E-state index in [0.29, 0.717) is 5.92 Å². The molecule has 4 heterocycles. The first-order chi connectivity index (χ1) is 20.1. The van der Waals surface area contributed by atoms with Crippen molar-refractivity contribution < 1.29 is 50.6 Å². The van der Waals surface area contributed by atoms with Crippen LogP contribution in [0.2, 0.25) is 0 Å². The fourth-order valence-electron chi connectivity index (χ4n) is 4.33. The standard InChI is InChI=1S/C24H26N4O.2C2HF3O2/c1-17-8-9-20(29-17)15-28-12-10-18(11-13-28)21-14-22-24(25-16-27(22)2)23(26-21)19-6-4-3-5-7-19;2*3-2(4,5)1(6)7/h3-9,14,16,18H,10-13,15H2,1-2H3;2*(H,6,7). The van der Waals surface area contributed by atoms with Crippen LogP contribution in [-0.4, -0.2) is 67.0 Å². The summed E-state index contributed by atoms with van der Waals surface area (Å²) in [6.45, 7) is 5.02. The first-order valence-corrected chi connectivity index (χ1v) is 12.8. The van der Waals surface area contributed by atoms with Crippen LogP contribution in [0.15, 0.2) is 59.3 Å². The Hall–Kier alpha value is -4.40. The number of pyridine rings is 1. The average Bonchev–Trinajstić information content (AvgIpc) is 3.53. The summed E-state index contributed by atoms with van der Waals surface area (Å²) in [7, 11) is 2.06. The number of aromatic nitrogens is 3. The van der Waals surface area contributed by atoms with Crippen molar-refractivity contribution in [2.24, 2.45) is 7.05 Å². The zero-order valence-electron chi connectivity index (χ0n) is 23.0. The van der Waals surface area contributed by atoms with Crippen LogP contribution < -0.4 is 0 Å². The summed E-state index contributed by atoms with van der Waals surface area (Å²) in [5.41, 5.74) is 5.44. The van der Waals surface area contributed by atoms with Crippen LogP contribution in [0.5, 0.6) is 0 Å². The van der Waals surface area contributed by atoms with Crippen molar-refractivity contribution in [3.63, 3.8) is 0 Å². The number of halogens is 6. The van der Waals surface area contributed by atoms with E-state index >= 15 is 0 Å². The molecule has 15 heteroatoms. The lowest BCUT2D eigenvalue weighted by Crippen LogP contribution is -2.32. The molecule has 1 aliphatic heterocycles. The van der Waals surface area contributed by atoms with Crippen molar-refractivity contribution in [2.75, 3.05) is 13.1 Å². The van der Waals surface area contributed by atoms with Gasteiger partial charge in [-0.2, -0.15) is 26.3 Å². The number of carboxylic acid groups (broad SMARTS) is 2. The Balaban J connectivity index is 0.000000303. The molecule has 232 valence electrons. The van der Waals surface area contributed by atoms with E-state index in [4.69, 9.17) is 29.2 Å². The van der Waals surface area contributed by atoms with Crippen LogP contribution in [0.4, 0.5) is 26.3 Å². The monoisotopic (exact) mass is 614 g/mol. The molecule has 1 aliphatic rings. The van der Waals surface area contributed by atoms with Gasteiger partial charge in [0.05, 0.1) is 24.1 Å². The molecule has 0 radical (unpaired) electrons. The summed E-state index contributed by atoms with van der Waals surface area (Å²) in [6, 6.07) is 16.8. The van der Waals surface area contributed by atoms with Gasteiger partial charge in [-0.15, -0.1) is 0 Å². The molecule has 9 nitrogen and oxygen atoms in total. The van der Waals surface area contributed by atoms with E-state index in [1.165, 1.54) is 5.69 Å². The van der Waals surface area contributed by atoms with Crippen LogP contribution >= 0.6 is 0 Å². The first kappa shape index (κ1) is 33.1. The van der Waals surface area contributed by atoms with Gasteiger partial charge >= 0.3 is 24.3 Å². The summed E-state index contributed by atoms with van der Waals surface area (Å²) in [5.74, 6) is -3.00. The van der Waals surface area contributed by atoms with E-state index in [9.17, 15) is 26.3 Å². The number of aliphatic carboxylic acids is 2. The Bertz CT molecular complexity index is 1500. The predicted octanol–water partition coefficient (Wildman–Crippen LogP) is 6.18. The summed E-state index contributed by atoms with van der Waals surface area (Å²) < 4.78 is 71.3. The van der Waals surface area contributed by atoms with Crippen molar-refractivity contribution in [1.29, 1.82) is 0 Å². The molecule has 0 amide bonds. The largest absolute Gasteiger partial charge is 0.490 e. The minimum atomic E-state index is -5.08. The van der Waals surface area contributed by atoms with E-state index in [1.807, 2.05) is 25.4 Å². The number of aryl methyl sites for hydroxylation is 2. The Morgan fingerprint density at radius 1 is 0.953 bits per heavy atom. The van der Waals surface area contributed by atoms with Gasteiger partial charge in [0.2, 0.25) is 0 Å². The van der Waals surface area contributed by atoms with Gasteiger partial charge in [-0.1, -0.05) is 30.3 Å². The molecule has 3 aromatic heterocycles. The maximum atomic E-state index is 10.6. The highest BCUT2D eigenvalue weighted by molar-refractivity contribution is 5.90. The Labute approximate surface area is 241 Å². The van der Waals surface area contributed by atoms with Gasteiger partial charge in [0.1, 0.15) is 17.0 Å². The Morgan fingerprint density at radius 2 is 1.51 bits per heavy atom. The number of carbonyl (C=O) groups is 2. The third-order valence-corrected chi connectivity index (χ3v) is 6.45. The lowest BCUT2D eigenvalue weighted by molar-refractivity contribution is -0.193. The molecule has 0 bridgehead atoms. The van der Waals surface area contributed by atoms with Crippen LogP contribution in [-0.2, 0) is 23.2 Å². The minimum absolute atomic E-state index is 0.478. The number of likely N-dealkylation sites (tertiary alicyclic amines) is 1. The number of furan rings is 1. The van der Waals surface area contributed by atoms with E-state index in [0.717, 1.165) is 66.3 Å². The lowest BCUT2D eigenvalue weighted by Gasteiger charge is -2.31. The van der Waals surface area contributed by atoms with Gasteiger partial charge in [-0.05, 0) is 51.1 Å². The first-order valence-electron chi connectivity index (χ1n) is 12.8. The SMILES string of the molecule is Cc1ccc(CN2CCC(c3cc4c(ncn4C)c(-c4ccccc4)n3)CC2)o1.O=C(O)C(F)(F)F.O=C(O)C(F)(F)F. The van der Waals surface area contributed by atoms with Crippen LogP contribution in [0.25, 0.3) is 22.3 Å². The summed E-state index contributed by atoms with van der Waals surface area (Å²) in [4.78, 5) is 30.0. The number of carboxylic acids is 2. The molecule has 0 atom stereocenters. The fraction of sp³-hybridized carbons (Fsp3) is 0.357. The molecule has 0 saturated carbocycles. The molecular formula is C28H28F6N4O5. The molecule has 4 aromatic rings. The second-order valence-corrected chi connectivity index (χ2v) is 9.65. The summed E-state index contributed by atoms with van der Waals surface area (Å²) in [6.07, 6.45) is -6.05. The van der Waals surface area contributed by atoms with Crippen molar-refractivity contribution in [2.45, 2.75) is 44.6 Å². The molecule has 43 heavy (non-hydrogen) atoms. The normalized spacial score (nSPS) is 14.4. The average molecular weight is 615 g/mol. The van der Waals surface area contributed by atoms with E-state index in [-0.39, 0.29) is 0 Å². The fourth-order valence-corrected chi connectivity index (χ4v) is 4.33. The van der Waals surface area contributed by atoms with Gasteiger partial charge in [-0.3, -0.25) is 9.88 Å². The Morgan fingerprint density at radius 3 is 2.00 bits per heavy atom. The number of fused-ring (bicyclic) bond motifs is 1. The quantitative estimate of drug-likeness (QED) is 0.261. The van der Waals surface area contributed by atoms with Crippen molar-refractivity contribution in [1.82, 2.24) is 19.4 Å². The van der Waals surface area contributed by atoms with Gasteiger partial charge in [-0.25, -0.2) is 14.6 Å². The van der Waals surface area contributed by atoms with Gasteiger partial charge in [0.25, 0.3) is 0 Å². The number of hydrogen-bond donors (Lipinski definition) is 2. The maximum Gasteiger partial charge on any atom is 0.490 e. The summed E-state index contributed by atoms with van der Waals surface area (Å²) >= 11 is 0. The predicted molar refractivity (Wildman–Crippen MR) is 142 cm³/mol. The molecule has 0 aliphatic carbocycles. The molecule has 0 unspecified atom stereocenters. The molecular weight excluding hydrogens is 586 g/mol. The molecule has 5 rings (SSSR count). The minimum Gasteiger partial charge on any atom is -0.475 e. The third-order valence-electron chi connectivity index (χ3n) is 6.45. The molecule has 1 aromatic carbocycles. The number of imidazole rings is 1. The van der Waals surface area contributed by atoms with Crippen LogP contribution in [0.3, 0.4) is 0 Å². The molecule has 1 fully saturated rings. The zero-order valence-corrected chi connectivity index (χ0v) is 23.0. The Kier molecular flexibility index (Phi) is 10.6. The number of rotatable bonds is 4. The van der Waals surface area contributed by atoms with E-state index in [2.05, 4.69) is 57.9 Å². The molecule has 0 spiro atoms. The molecule has 1 saturated heterocycles. The van der Waals surface area contributed by atoms with Gasteiger partial charge < -0.3 is 19.2 Å². The second kappa shape index (κ2) is 13.7. The van der Waals surface area contributed by atoms with E-state index < -0.39 is 24.3 Å².